The van der Waals surface area contributed by atoms with Gasteiger partial charge >= 0.3 is 0 Å². The van der Waals surface area contributed by atoms with Crippen molar-refractivity contribution in [2.45, 2.75) is 46.2 Å². The monoisotopic (exact) mass is 349 g/mol. The second kappa shape index (κ2) is 7.40. The maximum atomic E-state index is 12.1. The van der Waals surface area contributed by atoms with Gasteiger partial charge in [-0.2, -0.15) is 4.98 Å². The summed E-state index contributed by atoms with van der Waals surface area (Å²) in [5, 5.41) is 3.91. The van der Waals surface area contributed by atoms with E-state index in [1.807, 2.05) is 10.4 Å². The lowest BCUT2D eigenvalue weighted by molar-refractivity contribution is -0.131. The molecule has 0 unspecified atom stereocenters. The maximum absolute atomic E-state index is 12.1. The Labute approximate surface area is 145 Å². The van der Waals surface area contributed by atoms with E-state index in [1.165, 1.54) is 4.88 Å². The fourth-order valence-electron chi connectivity index (χ4n) is 3.15. The van der Waals surface area contributed by atoms with Gasteiger partial charge in [-0.1, -0.05) is 5.16 Å². The Kier molecular flexibility index (Phi) is 5.25. The molecular formula is C16H23N5O2S. The van der Waals surface area contributed by atoms with E-state index < -0.39 is 0 Å². The first kappa shape index (κ1) is 17.0. The van der Waals surface area contributed by atoms with Crippen molar-refractivity contribution in [1.82, 2.24) is 24.9 Å². The standard InChI is InChI=1S/C16H23N5O2S/c1-11-15(24-10-17-11)5-7-20-6-4-14(8-20)21(13(3)22)9-16-18-12(2)23-19-16/h10,14H,4-9H2,1-3H3/t14-/m1/s1. The minimum Gasteiger partial charge on any atom is -0.340 e. The van der Waals surface area contributed by atoms with Crippen LogP contribution in [-0.2, 0) is 17.8 Å². The van der Waals surface area contributed by atoms with Crippen LogP contribution in [0.3, 0.4) is 0 Å². The maximum Gasteiger partial charge on any atom is 0.223 e. The topological polar surface area (TPSA) is 75.4 Å². The van der Waals surface area contributed by atoms with E-state index in [0.717, 1.165) is 38.2 Å². The first-order valence-corrected chi connectivity index (χ1v) is 9.08. The van der Waals surface area contributed by atoms with Crippen molar-refractivity contribution in [3.05, 3.63) is 27.8 Å². The number of amides is 1. The molecule has 3 rings (SSSR count). The van der Waals surface area contributed by atoms with Crippen molar-refractivity contribution in [3.63, 3.8) is 0 Å². The molecule has 0 radical (unpaired) electrons. The van der Waals surface area contributed by atoms with Crippen molar-refractivity contribution in [2.75, 3.05) is 19.6 Å². The van der Waals surface area contributed by atoms with Crippen LogP contribution in [0, 0.1) is 13.8 Å². The van der Waals surface area contributed by atoms with Gasteiger partial charge in [-0.05, 0) is 19.8 Å². The summed E-state index contributed by atoms with van der Waals surface area (Å²) in [7, 11) is 0. The van der Waals surface area contributed by atoms with Gasteiger partial charge in [0.15, 0.2) is 5.82 Å². The number of rotatable bonds is 6. The van der Waals surface area contributed by atoms with Gasteiger partial charge in [-0.3, -0.25) is 4.79 Å². The molecule has 0 bridgehead atoms. The van der Waals surface area contributed by atoms with Gasteiger partial charge < -0.3 is 14.3 Å². The van der Waals surface area contributed by atoms with Gasteiger partial charge in [0.1, 0.15) is 0 Å². The van der Waals surface area contributed by atoms with Gasteiger partial charge in [-0.15, -0.1) is 11.3 Å². The number of aryl methyl sites for hydroxylation is 2. The molecule has 0 saturated carbocycles. The molecule has 7 nitrogen and oxygen atoms in total. The number of aromatic nitrogens is 3. The van der Waals surface area contributed by atoms with Crippen molar-refractivity contribution < 1.29 is 9.32 Å². The Morgan fingerprint density at radius 2 is 2.33 bits per heavy atom. The second-order valence-corrected chi connectivity index (χ2v) is 7.17. The lowest BCUT2D eigenvalue weighted by Gasteiger charge is -2.27. The summed E-state index contributed by atoms with van der Waals surface area (Å²) in [5.41, 5.74) is 3.04. The zero-order valence-corrected chi connectivity index (χ0v) is 15.2. The molecular weight excluding hydrogens is 326 g/mol. The van der Waals surface area contributed by atoms with Crippen molar-refractivity contribution in [3.8, 4) is 0 Å². The van der Waals surface area contributed by atoms with Crippen LogP contribution < -0.4 is 0 Å². The number of likely N-dealkylation sites (tertiary alicyclic amines) is 1. The Hall–Kier alpha value is -1.80. The van der Waals surface area contributed by atoms with Crippen LogP contribution in [0.1, 0.15) is 35.6 Å². The molecule has 0 N–H and O–H groups in total. The normalized spacial score (nSPS) is 18.2. The first-order valence-electron chi connectivity index (χ1n) is 8.20. The number of carbonyl (C=O) groups is 1. The SMILES string of the molecule is CC(=O)N(Cc1noc(C)n1)[C@@H]1CCN(CCc2scnc2C)C1. The highest BCUT2D eigenvalue weighted by atomic mass is 32.1. The van der Waals surface area contributed by atoms with Crippen LogP contribution in [0.15, 0.2) is 10.0 Å². The van der Waals surface area contributed by atoms with E-state index in [0.29, 0.717) is 18.3 Å². The van der Waals surface area contributed by atoms with Crippen LogP contribution in [-0.4, -0.2) is 56.5 Å². The van der Waals surface area contributed by atoms with Gasteiger partial charge in [-0.25, -0.2) is 4.98 Å². The molecule has 1 aliphatic heterocycles. The lowest BCUT2D eigenvalue weighted by atomic mass is 10.2. The first-order chi connectivity index (χ1) is 11.5. The van der Waals surface area contributed by atoms with Crippen LogP contribution >= 0.6 is 11.3 Å². The zero-order valence-electron chi connectivity index (χ0n) is 14.4. The van der Waals surface area contributed by atoms with Gasteiger partial charge in [0.05, 0.1) is 17.7 Å². The highest BCUT2D eigenvalue weighted by Gasteiger charge is 2.30. The Morgan fingerprint density at radius 1 is 1.50 bits per heavy atom. The molecule has 1 aliphatic rings. The number of nitrogens with zero attached hydrogens (tertiary/aromatic N) is 5. The molecule has 1 saturated heterocycles. The van der Waals surface area contributed by atoms with E-state index in [4.69, 9.17) is 4.52 Å². The van der Waals surface area contributed by atoms with Gasteiger partial charge in [0, 0.05) is 44.4 Å². The molecule has 1 atom stereocenters. The number of hydrogen-bond donors (Lipinski definition) is 0. The summed E-state index contributed by atoms with van der Waals surface area (Å²) in [6.07, 6.45) is 2.01. The fraction of sp³-hybridized carbons (Fsp3) is 0.625. The summed E-state index contributed by atoms with van der Waals surface area (Å²) < 4.78 is 5.01. The molecule has 2 aromatic heterocycles. The molecule has 1 fully saturated rings. The molecule has 130 valence electrons. The minimum absolute atomic E-state index is 0.0580. The number of carbonyl (C=O) groups excluding carboxylic acids is 1. The van der Waals surface area contributed by atoms with E-state index >= 15 is 0 Å². The molecule has 24 heavy (non-hydrogen) atoms. The largest absolute Gasteiger partial charge is 0.340 e. The third-order valence-corrected chi connectivity index (χ3v) is 5.47. The van der Waals surface area contributed by atoms with Crippen LogP contribution in [0.2, 0.25) is 0 Å². The van der Waals surface area contributed by atoms with Crippen molar-refractivity contribution in [1.29, 1.82) is 0 Å². The van der Waals surface area contributed by atoms with Crippen LogP contribution in [0.25, 0.3) is 0 Å². The molecule has 3 heterocycles. The summed E-state index contributed by atoms with van der Waals surface area (Å²) in [6, 6.07) is 0.212. The van der Waals surface area contributed by atoms with Gasteiger partial charge in [0.2, 0.25) is 11.8 Å². The highest BCUT2D eigenvalue weighted by Crippen LogP contribution is 2.20. The van der Waals surface area contributed by atoms with Crippen LogP contribution in [0.4, 0.5) is 0 Å². The van der Waals surface area contributed by atoms with E-state index in [-0.39, 0.29) is 11.9 Å². The molecule has 8 heteroatoms. The Morgan fingerprint density at radius 3 is 2.96 bits per heavy atom. The third-order valence-electron chi connectivity index (χ3n) is 4.47. The van der Waals surface area contributed by atoms with Gasteiger partial charge in [0.25, 0.3) is 0 Å². The van der Waals surface area contributed by atoms with Crippen LogP contribution in [0.5, 0.6) is 0 Å². The second-order valence-electron chi connectivity index (χ2n) is 6.23. The lowest BCUT2D eigenvalue weighted by Crippen LogP contribution is -2.40. The van der Waals surface area contributed by atoms with E-state index in [1.54, 1.807) is 25.2 Å². The van der Waals surface area contributed by atoms with E-state index in [2.05, 4.69) is 26.9 Å². The predicted molar refractivity (Wildman–Crippen MR) is 90.7 cm³/mol. The summed E-state index contributed by atoms with van der Waals surface area (Å²) in [5.74, 6) is 1.16. The summed E-state index contributed by atoms with van der Waals surface area (Å²) in [4.78, 5) is 26.2. The zero-order chi connectivity index (χ0) is 17.1. The smallest absolute Gasteiger partial charge is 0.223 e. The fourth-order valence-corrected chi connectivity index (χ4v) is 3.92. The predicted octanol–water partition coefficient (Wildman–Crippen LogP) is 1.81. The minimum atomic E-state index is 0.0580. The van der Waals surface area contributed by atoms with Crippen molar-refractivity contribution >= 4 is 17.2 Å². The van der Waals surface area contributed by atoms with Crippen molar-refractivity contribution in [2.24, 2.45) is 0 Å². The Bertz CT molecular complexity index is 698. The molecule has 1 amide bonds. The Balaban J connectivity index is 1.55. The highest BCUT2D eigenvalue weighted by molar-refractivity contribution is 7.09. The average Bonchev–Trinajstić information content (AvgIpc) is 3.24. The molecule has 0 spiro atoms. The molecule has 0 aliphatic carbocycles. The number of hydrogen-bond acceptors (Lipinski definition) is 7. The molecule has 0 aromatic carbocycles. The average molecular weight is 349 g/mol. The quantitative estimate of drug-likeness (QED) is 0.792. The van der Waals surface area contributed by atoms with E-state index in [9.17, 15) is 4.79 Å². The summed E-state index contributed by atoms with van der Waals surface area (Å²) in [6.45, 7) is 8.75. The third kappa shape index (κ3) is 3.99. The molecule has 2 aromatic rings. The number of thiazole rings is 1. The summed E-state index contributed by atoms with van der Waals surface area (Å²) >= 11 is 1.72.